The Balaban J connectivity index is 2.13. The summed E-state index contributed by atoms with van der Waals surface area (Å²) in [7, 11) is 0. The Morgan fingerprint density at radius 3 is 3.00 bits per heavy atom. The summed E-state index contributed by atoms with van der Waals surface area (Å²) in [6.45, 7) is 3.87. The van der Waals surface area contributed by atoms with E-state index in [0.29, 0.717) is 0 Å². The summed E-state index contributed by atoms with van der Waals surface area (Å²) in [5.41, 5.74) is 0.607. The number of nitrogens with one attached hydrogen (secondary N) is 1. The van der Waals surface area contributed by atoms with E-state index in [1.165, 1.54) is 0 Å². The van der Waals surface area contributed by atoms with E-state index < -0.39 is 0 Å². The second-order valence-corrected chi connectivity index (χ2v) is 4.81. The van der Waals surface area contributed by atoms with Crippen LogP contribution in [0.3, 0.4) is 0 Å². The third kappa shape index (κ3) is 2.14. The van der Waals surface area contributed by atoms with Gasteiger partial charge in [-0.25, -0.2) is 0 Å². The molecule has 2 aliphatic rings. The van der Waals surface area contributed by atoms with Crippen molar-refractivity contribution in [2.75, 3.05) is 13.2 Å². The fourth-order valence-corrected chi connectivity index (χ4v) is 2.79. The Labute approximate surface area is 97.2 Å². The predicted octanol–water partition coefficient (Wildman–Crippen LogP) is 2.17. The van der Waals surface area contributed by atoms with Gasteiger partial charge in [-0.3, -0.25) is 4.79 Å². The number of rotatable bonds is 4. The SMILES string of the molecule is CCCC1(C(=O)C2=COCCC2)CCCN1. The highest BCUT2D eigenvalue weighted by Gasteiger charge is 2.41. The second kappa shape index (κ2) is 5.00. The first-order valence-corrected chi connectivity index (χ1v) is 6.39. The fraction of sp³-hybridized carbons (Fsp3) is 0.769. The van der Waals surface area contributed by atoms with Crippen LogP contribution in [0, 0.1) is 0 Å². The van der Waals surface area contributed by atoms with Crippen molar-refractivity contribution in [1.29, 1.82) is 0 Å². The molecule has 0 aromatic carbocycles. The first-order chi connectivity index (χ1) is 7.78. The van der Waals surface area contributed by atoms with Crippen LogP contribution < -0.4 is 5.32 Å². The number of hydrogen-bond donors (Lipinski definition) is 1. The Kier molecular flexibility index (Phi) is 3.64. The van der Waals surface area contributed by atoms with Crippen molar-refractivity contribution < 1.29 is 9.53 Å². The summed E-state index contributed by atoms with van der Waals surface area (Å²) in [6.07, 6.45) is 7.63. The summed E-state index contributed by atoms with van der Waals surface area (Å²) >= 11 is 0. The lowest BCUT2D eigenvalue weighted by Gasteiger charge is -2.29. The molecule has 0 aliphatic carbocycles. The molecule has 1 N–H and O–H groups in total. The molecule has 1 fully saturated rings. The van der Waals surface area contributed by atoms with Gasteiger partial charge in [0.25, 0.3) is 0 Å². The molecule has 1 unspecified atom stereocenters. The molecule has 2 heterocycles. The van der Waals surface area contributed by atoms with E-state index >= 15 is 0 Å². The molecule has 3 heteroatoms. The molecule has 0 saturated carbocycles. The molecule has 1 saturated heterocycles. The molecule has 0 aromatic rings. The topological polar surface area (TPSA) is 38.3 Å². The average molecular weight is 223 g/mol. The molecule has 0 bridgehead atoms. The quantitative estimate of drug-likeness (QED) is 0.793. The monoisotopic (exact) mass is 223 g/mol. The molecule has 0 radical (unpaired) electrons. The minimum atomic E-state index is -0.277. The molecule has 2 aliphatic heterocycles. The van der Waals surface area contributed by atoms with E-state index in [1.54, 1.807) is 6.26 Å². The number of ketones is 1. The lowest BCUT2D eigenvalue weighted by atomic mass is 9.82. The molecule has 2 rings (SSSR count). The van der Waals surface area contributed by atoms with Gasteiger partial charge in [-0.05, 0) is 38.6 Å². The summed E-state index contributed by atoms with van der Waals surface area (Å²) in [5.74, 6) is 0.284. The Morgan fingerprint density at radius 2 is 2.44 bits per heavy atom. The van der Waals surface area contributed by atoms with E-state index in [0.717, 1.165) is 57.2 Å². The molecular formula is C13H21NO2. The minimum Gasteiger partial charge on any atom is -0.501 e. The smallest absolute Gasteiger partial charge is 0.181 e. The number of hydrogen-bond acceptors (Lipinski definition) is 3. The molecule has 0 aromatic heterocycles. The van der Waals surface area contributed by atoms with Gasteiger partial charge < -0.3 is 10.1 Å². The van der Waals surface area contributed by atoms with E-state index in [4.69, 9.17) is 4.74 Å². The van der Waals surface area contributed by atoms with Crippen molar-refractivity contribution in [3.63, 3.8) is 0 Å². The van der Waals surface area contributed by atoms with Crippen LogP contribution in [0.15, 0.2) is 11.8 Å². The summed E-state index contributed by atoms with van der Waals surface area (Å²) < 4.78 is 5.28. The van der Waals surface area contributed by atoms with Gasteiger partial charge >= 0.3 is 0 Å². The number of carbonyl (C=O) groups is 1. The van der Waals surface area contributed by atoms with Gasteiger partial charge in [0.2, 0.25) is 0 Å². The van der Waals surface area contributed by atoms with Crippen LogP contribution in [0.2, 0.25) is 0 Å². The Hall–Kier alpha value is -0.830. The highest BCUT2D eigenvalue weighted by Crippen LogP contribution is 2.30. The van der Waals surface area contributed by atoms with E-state index in [1.807, 2.05) is 0 Å². The highest BCUT2D eigenvalue weighted by atomic mass is 16.5. The lowest BCUT2D eigenvalue weighted by molar-refractivity contribution is -0.122. The van der Waals surface area contributed by atoms with Gasteiger partial charge in [-0.15, -0.1) is 0 Å². The number of ether oxygens (including phenoxy) is 1. The maximum absolute atomic E-state index is 12.5. The minimum absolute atomic E-state index is 0.277. The molecule has 3 nitrogen and oxygen atoms in total. The number of carbonyl (C=O) groups excluding carboxylic acids is 1. The third-order valence-electron chi connectivity index (χ3n) is 3.58. The Morgan fingerprint density at radius 1 is 1.56 bits per heavy atom. The summed E-state index contributed by atoms with van der Waals surface area (Å²) in [4.78, 5) is 12.5. The first kappa shape index (κ1) is 11.6. The standard InChI is InChI=1S/C13H21NO2/c1-2-6-13(7-4-8-14-13)12(15)11-5-3-9-16-10-11/h10,14H,2-9H2,1H3. The van der Waals surface area contributed by atoms with Crippen LogP contribution in [0.5, 0.6) is 0 Å². The maximum atomic E-state index is 12.5. The normalized spacial score (nSPS) is 29.7. The molecule has 0 amide bonds. The van der Waals surface area contributed by atoms with E-state index in [-0.39, 0.29) is 11.3 Å². The third-order valence-corrected chi connectivity index (χ3v) is 3.58. The van der Waals surface area contributed by atoms with Crippen LogP contribution in [-0.4, -0.2) is 24.5 Å². The van der Waals surface area contributed by atoms with Crippen molar-refractivity contribution >= 4 is 5.78 Å². The lowest BCUT2D eigenvalue weighted by Crippen LogP contribution is -2.48. The average Bonchev–Trinajstić information content (AvgIpc) is 2.80. The molecule has 0 spiro atoms. The van der Waals surface area contributed by atoms with Gasteiger partial charge in [0.1, 0.15) is 0 Å². The van der Waals surface area contributed by atoms with Crippen LogP contribution in [0.25, 0.3) is 0 Å². The molecule has 90 valence electrons. The Bertz CT molecular complexity index is 290. The van der Waals surface area contributed by atoms with Gasteiger partial charge in [-0.2, -0.15) is 0 Å². The van der Waals surface area contributed by atoms with Crippen LogP contribution >= 0.6 is 0 Å². The summed E-state index contributed by atoms with van der Waals surface area (Å²) in [6, 6.07) is 0. The zero-order chi connectivity index (χ0) is 11.4. The van der Waals surface area contributed by atoms with Crippen molar-refractivity contribution in [1.82, 2.24) is 5.32 Å². The second-order valence-electron chi connectivity index (χ2n) is 4.81. The van der Waals surface area contributed by atoms with Crippen molar-refractivity contribution in [3.8, 4) is 0 Å². The van der Waals surface area contributed by atoms with E-state index in [9.17, 15) is 4.79 Å². The van der Waals surface area contributed by atoms with Crippen molar-refractivity contribution in [3.05, 3.63) is 11.8 Å². The fourth-order valence-electron chi connectivity index (χ4n) is 2.79. The maximum Gasteiger partial charge on any atom is 0.181 e. The zero-order valence-corrected chi connectivity index (χ0v) is 10.1. The largest absolute Gasteiger partial charge is 0.501 e. The predicted molar refractivity (Wildman–Crippen MR) is 63.2 cm³/mol. The van der Waals surface area contributed by atoms with E-state index in [2.05, 4.69) is 12.2 Å². The van der Waals surface area contributed by atoms with Gasteiger partial charge in [0.15, 0.2) is 5.78 Å². The molecule has 1 atom stereocenters. The molecule has 16 heavy (non-hydrogen) atoms. The van der Waals surface area contributed by atoms with Crippen LogP contribution in [0.4, 0.5) is 0 Å². The molecular weight excluding hydrogens is 202 g/mol. The van der Waals surface area contributed by atoms with Gasteiger partial charge in [0.05, 0.1) is 18.4 Å². The van der Waals surface area contributed by atoms with Crippen LogP contribution in [-0.2, 0) is 9.53 Å². The zero-order valence-electron chi connectivity index (χ0n) is 10.1. The van der Waals surface area contributed by atoms with Crippen LogP contribution in [0.1, 0.15) is 45.4 Å². The van der Waals surface area contributed by atoms with Crippen molar-refractivity contribution in [2.24, 2.45) is 0 Å². The summed E-state index contributed by atoms with van der Waals surface area (Å²) in [5, 5.41) is 3.42. The highest BCUT2D eigenvalue weighted by molar-refractivity contribution is 6.02. The van der Waals surface area contributed by atoms with Gasteiger partial charge in [0, 0.05) is 5.57 Å². The van der Waals surface area contributed by atoms with Gasteiger partial charge in [-0.1, -0.05) is 13.3 Å². The first-order valence-electron chi connectivity index (χ1n) is 6.39. The van der Waals surface area contributed by atoms with Crippen molar-refractivity contribution in [2.45, 2.75) is 51.0 Å². The number of Topliss-reactive ketones (excluding diaryl/α,β-unsaturated/α-hetero) is 1.